The Morgan fingerprint density at radius 2 is 2.20 bits per heavy atom. The monoisotopic (exact) mass is 278 g/mol. The molecule has 1 aromatic heterocycles. The Morgan fingerprint density at radius 3 is 2.90 bits per heavy atom. The number of rotatable bonds is 6. The van der Waals surface area contributed by atoms with Crippen LogP contribution in [0.5, 0.6) is 0 Å². The van der Waals surface area contributed by atoms with E-state index in [1.165, 1.54) is 25.7 Å². The van der Waals surface area contributed by atoms with Crippen molar-refractivity contribution in [3.63, 3.8) is 0 Å². The largest absolute Gasteiger partial charge is 0.445 e. The molecule has 1 aliphatic rings. The van der Waals surface area contributed by atoms with Gasteiger partial charge in [-0.2, -0.15) is 0 Å². The van der Waals surface area contributed by atoms with Gasteiger partial charge in [0.15, 0.2) is 5.89 Å². The van der Waals surface area contributed by atoms with Crippen molar-refractivity contribution in [2.75, 3.05) is 6.54 Å². The summed E-state index contributed by atoms with van der Waals surface area (Å²) in [7, 11) is 0. The molecule has 114 valence electrons. The second kappa shape index (κ2) is 6.75. The van der Waals surface area contributed by atoms with E-state index in [4.69, 9.17) is 4.42 Å². The Balaban J connectivity index is 1.88. The van der Waals surface area contributed by atoms with Crippen LogP contribution >= 0.6 is 0 Å². The molecule has 1 atom stereocenters. The summed E-state index contributed by atoms with van der Waals surface area (Å²) in [5.74, 6) is 2.57. The lowest BCUT2D eigenvalue weighted by Crippen LogP contribution is -2.25. The van der Waals surface area contributed by atoms with Gasteiger partial charge in [0.2, 0.25) is 0 Å². The molecule has 20 heavy (non-hydrogen) atoms. The van der Waals surface area contributed by atoms with Gasteiger partial charge in [0.25, 0.3) is 0 Å². The number of nitrogens with zero attached hydrogens (tertiary/aromatic N) is 1. The number of hydrogen-bond acceptors (Lipinski definition) is 3. The molecule has 1 aliphatic carbocycles. The summed E-state index contributed by atoms with van der Waals surface area (Å²) in [6.45, 7) is 10.1. The normalized spacial score (nSPS) is 22.4. The first-order valence-electron chi connectivity index (χ1n) is 8.17. The number of hydrogen-bond donors (Lipinski definition) is 1. The van der Waals surface area contributed by atoms with Crippen molar-refractivity contribution in [3.05, 3.63) is 17.8 Å². The quantitative estimate of drug-likeness (QED) is 0.789. The first kappa shape index (κ1) is 15.6. The Kier molecular flexibility index (Phi) is 5.25. The first-order valence-corrected chi connectivity index (χ1v) is 8.17. The summed E-state index contributed by atoms with van der Waals surface area (Å²) in [4.78, 5) is 4.48. The maximum absolute atomic E-state index is 6.03. The van der Waals surface area contributed by atoms with E-state index in [1.54, 1.807) is 0 Å². The third kappa shape index (κ3) is 4.08. The van der Waals surface area contributed by atoms with E-state index >= 15 is 0 Å². The van der Waals surface area contributed by atoms with Gasteiger partial charge in [0.1, 0.15) is 5.76 Å². The summed E-state index contributed by atoms with van der Waals surface area (Å²) in [5.41, 5.74) is 0.355. The number of oxazole rings is 1. The molecule has 1 heterocycles. The van der Waals surface area contributed by atoms with Crippen molar-refractivity contribution >= 4 is 0 Å². The van der Waals surface area contributed by atoms with E-state index in [9.17, 15) is 0 Å². The fraction of sp³-hybridized carbons (Fsp3) is 0.824. The van der Waals surface area contributed by atoms with Gasteiger partial charge in [-0.25, -0.2) is 4.98 Å². The molecule has 3 nitrogen and oxygen atoms in total. The Labute approximate surface area is 123 Å². The Morgan fingerprint density at radius 1 is 1.40 bits per heavy atom. The van der Waals surface area contributed by atoms with Crippen molar-refractivity contribution in [2.24, 2.45) is 5.41 Å². The van der Waals surface area contributed by atoms with Gasteiger partial charge in [0.05, 0.1) is 6.20 Å². The van der Waals surface area contributed by atoms with E-state index in [0.717, 1.165) is 31.0 Å². The smallest absolute Gasteiger partial charge is 0.194 e. The summed E-state index contributed by atoms with van der Waals surface area (Å²) >= 11 is 0. The molecule has 0 saturated heterocycles. The van der Waals surface area contributed by atoms with Crippen molar-refractivity contribution in [1.82, 2.24) is 10.3 Å². The van der Waals surface area contributed by atoms with Crippen molar-refractivity contribution < 1.29 is 4.42 Å². The first-order chi connectivity index (χ1) is 9.49. The molecule has 0 spiro atoms. The average Bonchev–Trinajstić information content (AvgIpc) is 2.82. The highest BCUT2D eigenvalue weighted by Crippen LogP contribution is 2.46. The zero-order valence-corrected chi connectivity index (χ0v) is 13.5. The molecule has 0 radical (unpaired) electrons. The van der Waals surface area contributed by atoms with Crippen LogP contribution in [0.4, 0.5) is 0 Å². The maximum Gasteiger partial charge on any atom is 0.194 e. The molecule has 0 amide bonds. The van der Waals surface area contributed by atoms with Gasteiger partial charge in [-0.05, 0) is 31.2 Å². The van der Waals surface area contributed by atoms with Gasteiger partial charge in [-0.3, -0.25) is 0 Å². The van der Waals surface area contributed by atoms with E-state index in [-0.39, 0.29) is 0 Å². The summed E-state index contributed by atoms with van der Waals surface area (Å²) in [6.07, 6.45) is 9.22. The molecule has 1 fully saturated rings. The van der Waals surface area contributed by atoms with Gasteiger partial charge < -0.3 is 9.73 Å². The third-order valence-corrected chi connectivity index (χ3v) is 4.54. The summed E-state index contributed by atoms with van der Waals surface area (Å²) < 4.78 is 6.03. The van der Waals surface area contributed by atoms with Crippen LogP contribution in [0.15, 0.2) is 10.6 Å². The van der Waals surface area contributed by atoms with E-state index in [1.807, 2.05) is 6.20 Å². The Bertz CT molecular complexity index is 409. The molecule has 0 bridgehead atoms. The van der Waals surface area contributed by atoms with Gasteiger partial charge in [0, 0.05) is 18.4 Å². The number of nitrogens with one attached hydrogen (secondary N) is 1. The minimum absolute atomic E-state index is 0.355. The van der Waals surface area contributed by atoms with E-state index < -0.39 is 0 Å². The molecule has 2 rings (SSSR count). The van der Waals surface area contributed by atoms with Crippen LogP contribution in [0.1, 0.15) is 77.4 Å². The van der Waals surface area contributed by atoms with Gasteiger partial charge in [-0.15, -0.1) is 0 Å². The van der Waals surface area contributed by atoms with E-state index in [2.05, 4.69) is 38.0 Å². The van der Waals surface area contributed by atoms with Crippen molar-refractivity contribution in [1.29, 1.82) is 0 Å². The van der Waals surface area contributed by atoms with Crippen LogP contribution in [0.3, 0.4) is 0 Å². The number of aryl methyl sites for hydroxylation is 1. The second-order valence-corrected chi connectivity index (χ2v) is 7.16. The molecule has 1 N–H and O–H groups in total. The molecule has 1 saturated carbocycles. The minimum Gasteiger partial charge on any atom is -0.445 e. The zero-order chi connectivity index (χ0) is 14.6. The molecular weight excluding hydrogens is 248 g/mol. The van der Waals surface area contributed by atoms with E-state index in [0.29, 0.717) is 17.4 Å². The lowest BCUT2D eigenvalue weighted by Gasteiger charge is -2.37. The fourth-order valence-electron chi connectivity index (χ4n) is 3.25. The fourth-order valence-corrected chi connectivity index (χ4v) is 3.25. The van der Waals surface area contributed by atoms with Gasteiger partial charge >= 0.3 is 0 Å². The predicted molar refractivity (Wildman–Crippen MR) is 83.0 cm³/mol. The van der Waals surface area contributed by atoms with Crippen LogP contribution in [-0.2, 0) is 6.42 Å². The Hall–Kier alpha value is -0.830. The SMILES string of the molecule is CC(C)NCCCc1ncc(C2CCCCC2(C)C)o1. The minimum atomic E-state index is 0.355. The summed E-state index contributed by atoms with van der Waals surface area (Å²) in [6, 6.07) is 0.554. The molecule has 3 heteroatoms. The lowest BCUT2D eigenvalue weighted by atomic mass is 9.68. The molecule has 0 aromatic carbocycles. The highest BCUT2D eigenvalue weighted by molar-refractivity contribution is 5.08. The average molecular weight is 278 g/mol. The van der Waals surface area contributed by atoms with Gasteiger partial charge in [-0.1, -0.05) is 40.5 Å². The summed E-state index contributed by atoms with van der Waals surface area (Å²) in [5, 5.41) is 3.43. The maximum atomic E-state index is 6.03. The molecule has 1 aromatic rings. The van der Waals surface area contributed by atoms with Crippen LogP contribution < -0.4 is 5.32 Å². The second-order valence-electron chi connectivity index (χ2n) is 7.16. The number of aromatic nitrogens is 1. The van der Waals surface area contributed by atoms with Crippen LogP contribution in [0.25, 0.3) is 0 Å². The third-order valence-electron chi connectivity index (χ3n) is 4.54. The highest BCUT2D eigenvalue weighted by atomic mass is 16.4. The van der Waals surface area contributed by atoms with Crippen LogP contribution in [-0.4, -0.2) is 17.6 Å². The lowest BCUT2D eigenvalue weighted by molar-refractivity contribution is 0.176. The predicted octanol–water partition coefficient (Wildman–Crippen LogP) is 4.29. The zero-order valence-electron chi connectivity index (χ0n) is 13.5. The van der Waals surface area contributed by atoms with Crippen molar-refractivity contribution in [2.45, 2.75) is 78.2 Å². The topological polar surface area (TPSA) is 38.1 Å². The standard InChI is InChI=1S/C17H30N2O/c1-13(2)18-11-7-9-16-19-12-15(20-16)14-8-5-6-10-17(14,3)4/h12-14,18H,5-11H2,1-4H3. The molecule has 1 unspecified atom stereocenters. The molecular formula is C17H30N2O. The molecule has 0 aliphatic heterocycles. The highest BCUT2D eigenvalue weighted by Gasteiger charge is 2.35. The van der Waals surface area contributed by atoms with Crippen LogP contribution in [0, 0.1) is 5.41 Å². The van der Waals surface area contributed by atoms with Crippen molar-refractivity contribution in [3.8, 4) is 0 Å². The van der Waals surface area contributed by atoms with Crippen LogP contribution in [0.2, 0.25) is 0 Å².